The first-order valence-electron chi connectivity index (χ1n) is 8.50. The molecule has 0 atom stereocenters. The molecule has 0 aliphatic heterocycles. The topological polar surface area (TPSA) is 90.7 Å². The number of benzene rings is 2. The van der Waals surface area contributed by atoms with E-state index in [9.17, 15) is 23.7 Å². The monoisotopic (exact) mass is 406 g/mol. The number of hydrogen-bond donors (Lipinski definition) is 1. The van der Waals surface area contributed by atoms with Crippen molar-refractivity contribution in [1.82, 2.24) is 0 Å². The normalized spacial score (nSPS) is 11.0. The van der Waals surface area contributed by atoms with Crippen LogP contribution in [0.4, 0.5) is 20.2 Å². The van der Waals surface area contributed by atoms with Crippen molar-refractivity contribution in [2.24, 2.45) is 0 Å². The number of anilines is 1. The lowest BCUT2D eigenvalue weighted by molar-refractivity contribution is -0.385. The first kappa shape index (κ1) is 21.8. The van der Waals surface area contributed by atoms with Crippen LogP contribution in [0.25, 0.3) is 6.08 Å². The van der Waals surface area contributed by atoms with E-state index < -0.39 is 28.9 Å². The minimum atomic E-state index is -3.17. The fourth-order valence-corrected chi connectivity index (χ4v) is 2.91. The molecule has 2 aromatic carbocycles. The number of halogens is 2. The van der Waals surface area contributed by atoms with Crippen molar-refractivity contribution in [3.8, 4) is 11.5 Å². The molecule has 29 heavy (non-hydrogen) atoms. The molecule has 0 aliphatic carbocycles. The number of ether oxygens (including phenoxy) is 2. The second kappa shape index (κ2) is 9.13. The van der Waals surface area contributed by atoms with Crippen LogP contribution < -0.4 is 14.8 Å². The molecule has 9 heteroatoms. The number of nitrogens with one attached hydrogen (secondary N) is 1. The molecule has 2 rings (SSSR count). The van der Waals surface area contributed by atoms with Crippen molar-refractivity contribution in [1.29, 1.82) is 0 Å². The van der Waals surface area contributed by atoms with Gasteiger partial charge in [-0.1, -0.05) is 17.7 Å². The minimum Gasteiger partial charge on any atom is -0.493 e. The van der Waals surface area contributed by atoms with Crippen LogP contribution in [0.15, 0.2) is 30.3 Å². The first-order valence-corrected chi connectivity index (χ1v) is 8.50. The summed E-state index contributed by atoms with van der Waals surface area (Å²) in [5.41, 5.74) is 2.96. The van der Waals surface area contributed by atoms with Crippen LogP contribution in [0.1, 0.15) is 22.3 Å². The van der Waals surface area contributed by atoms with Gasteiger partial charge < -0.3 is 14.8 Å². The van der Waals surface area contributed by atoms with Gasteiger partial charge in [0.05, 0.1) is 23.7 Å². The van der Waals surface area contributed by atoms with Gasteiger partial charge in [-0.2, -0.15) is 8.78 Å². The molecular formula is C20H20F2N2O5. The van der Waals surface area contributed by atoms with E-state index in [1.54, 1.807) is 0 Å². The Labute approximate surface area is 166 Å². The highest BCUT2D eigenvalue weighted by molar-refractivity contribution is 6.03. The highest BCUT2D eigenvalue weighted by atomic mass is 19.3. The molecule has 1 amide bonds. The summed E-state index contributed by atoms with van der Waals surface area (Å²) in [6.07, 6.45) is 2.33. The molecule has 2 aromatic rings. The summed E-state index contributed by atoms with van der Waals surface area (Å²) in [5, 5.41) is 14.0. The number of amides is 1. The second-order valence-corrected chi connectivity index (χ2v) is 6.29. The van der Waals surface area contributed by atoms with Gasteiger partial charge in [-0.3, -0.25) is 14.9 Å². The summed E-state index contributed by atoms with van der Waals surface area (Å²) in [5.74, 6) is -1.09. The lowest BCUT2D eigenvalue weighted by Crippen LogP contribution is -2.10. The minimum absolute atomic E-state index is 0.000895. The summed E-state index contributed by atoms with van der Waals surface area (Å²) in [6.45, 7) is 2.49. The van der Waals surface area contributed by atoms with Crippen LogP contribution in [-0.2, 0) is 4.79 Å². The Kier molecular flexibility index (Phi) is 6.87. The van der Waals surface area contributed by atoms with Gasteiger partial charge >= 0.3 is 6.61 Å². The number of rotatable bonds is 7. The maximum Gasteiger partial charge on any atom is 0.387 e. The molecule has 0 saturated heterocycles. The van der Waals surface area contributed by atoms with Crippen LogP contribution in [0.5, 0.6) is 11.5 Å². The van der Waals surface area contributed by atoms with Crippen LogP contribution in [0, 0.1) is 30.9 Å². The highest BCUT2D eigenvalue weighted by Crippen LogP contribution is 2.36. The van der Waals surface area contributed by atoms with Gasteiger partial charge in [-0.25, -0.2) is 0 Å². The van der Waals surface area contributed by atoms with E-state index in [2.05, 4.69) is 10.1 Å². The molecule has 0 radical (unpaired) electrons. The molecule has 0 spiro atoms. The Hall–Kier alpha value is -3.49. The third kappa shape index (κ3) is 5.50. The van der Waals surface area contributed by atoms with Gasteiger partial charge in [0, 0.05) is 11.8 Å². The van der Waals surface area contributed by atoms with Crippen LogP contribution >= 0.6 is 0 Å². The van der Waals surface area contributed by atoms with E-state index in [1.165, 1.54) is 13.2 Å². The average molecular weight is 406 g/mol. The molecule has 0 aliphatic rings. The third-order valence-electron chi connectivity index (χ3n) is 4.07. The molecule has 0 aromatic heterocycles. The van der Waals surface area contributed by atoms with Crippen molar-refractivity contribution in [3.05, 3.63) is 62.7 Å². The molecule has 0 bridgehead atoms. The number of methoxy groups -OCH3 is 1. The smallest absolute Gasteiger partial charge is 0.387 e. The molecule has 154 valence electrons. The predicted molar refractivity (Wildman–Crippen MR) is 105 cm³/mol. The van der Waals surface area contributed by atoms with E-state index in [0.717, 1.165) is 34.9 Å². The summed E-state index contributed by atoms with van der Waals surface area (Å²) < 4.78 is 34.2. The Bertz CT molecular complexity index is 951. The van der Waals surface area contributed by atoms with Crippen molar-refractivity contribution in [2.45, 2.75) is 27.4 Å². The van der Waals surface area contributed by atoms with Gasteiger partial charge in [0.25, 0.3) is 5.69 Å². The molecular weight excluding hydrogens is 386 g/mol. The van der Waals surface area contributed by atoms with Gasteiger partial charge in [0.2, 0.25) is 5.91 Å². The zero-order chi connectivity index (χ0) is 21.7. The van der Waals surface area contributed by atoms with Gasteiger partial charge in [-0.05, 0) is 44.0 Å². The van der Waals surface area contributed by atoms with Crippen LogP contribution in [0.2, 0.25) is 0 Å². The lowest BCUT2D eigenvalue weighted by Gasteiger charge is -2.12. The van der Waals surface area contributed by atoms with E-state index >= 15 is 0 Å². The summed E-state index contributed by atoms with van der Waals surface area (Å²) in [7, 11) is 1.21. The van der Waals surface area contributed by atoms with E-state index in [-0.39, 0.29) is 11.3 Å². The zero-order valence-corrected chi connectivity index (χ0v) is 16.3. The Morgan fingerprint density at radius 1 is 1.14 bits per heavy atom. The Morgan fingerprint density at radius 3 is 2.28 bits per heavy atom. The predicted octanol–water partition coefficient (Wildman–Crippen LogP) is 4.78. The van der Waals surface area contributed by atoms with Crippen molar-refractivity contribution in [3.63, 3.8) is 0 Å². The highest BCUT2D eigenvalue weighted by Gasteiger charge is 2.20. The number of carbonyl (C=O) groups excluding carboxylic acids is 1. The van der Waals surface area contributed by atoms with Gasteiger partial charge in [0.1, 0.15) is 0 Å². The number of aryl methyl sites for hydroxylation is 3. The number of nitro benzene ring substituents is 1. The molecule has 0 fully saturated rings. The van der Waals surface area contributed by atoms with E-state index in [1.807, 2.05) is 32.9 Å². The largest absolute Gasteiger partial charge is 0.493 e. The number of alkyl halides is 2. The van der Waals surface area contributed by atoms with Crippen LogP contribution in [0.3, 0.4) is 0 Å². The summed E-state index contributed by atoms with van der Waals surface area (Å²) in [6, 6.07) is 5.83. The third-order valence-corrected chi connectivity index (χ3v) is 4.07. The maximum absolute atomic E-state index is 12.5. The first-order chi connectivity index (χ1) is 13.6. The summed E-state index contributed by atoms with van der Waals surface area (Å²) in [4.78, 5) is 22.8. The Balaban J connectivity index is 2.33. The SMILES string of the molecule is COc1cc(/C=C/C(=O)Nc2c(C)cc(C)cc2C)c([N+](=O)[O-])cc1OC(F)F. The van der Waals surface area contributed by atoms with E-state index in [4.69, 9.17) is 4.74 Å². The standard InChI is InChI=1S/C20H20F2N2O5/c1-11-7-12(2)19(13(3)8-11)23-18(25)6-5-14-9-16(28-4)17(29-20(21)22)10-15(14)24(26)27/h5-10,20H,1-4H3,(H,23,25)/b6-5+. The van der Waals surface area contributed by atoms with Gasteiger partial charge in [0.15, 0.2) is 11.5 Å². The quantitative estimate of drug-likeness (QED) is 0.406. The van der Waals surface area contributed by atoms with Crippen molar-refractivity contribution in [2.75, 3.05) is 12.4 Å². The molecule has 0 heterocycles. The number of carbonyl (C=O) groups is 1. The zero-order valence-electron chi connectivity index (χ0n) is 16.3. The summed E-state index contributed by atoms with van der Waals surface area (Å²) >= 11 is 0. The van der Waals surface area contributed by atoms with Gasteiger partial charge in [-0.15, -0.1) is 0 Å². The molecule has 0 saturated carbocycles. The molecule has 0 unspecified atom stereocenters. The fourth-order valence-electron chi connectivity index (χ4n) is 2.91. The van der Waals surface area contributed by atoms with Crippen LogP contribution in [-0.4, -0.2) is 24.6 Å². The fraction of sp³-hybridized carbons (Fsp3) is 0.250. The van der Waals surface area contributed by atoms with Crippen molar-refractivity contribution < 1.29 is 28.0 Å². The lowest BCUT2D eigenvalue weighted by atomic mass is 10.1. The second-order valence-electron chi connectivity index (χ2n) is 6.29. The number of nitro groups is 1. The molecule has 1 N–H and O–H groups in total. The number of nitrogens with zero attached hydrogens (tertiary/aromatic N) is 1. The molecule has 7 nitrogen and oxygen atoms in total. The number of hydrogen-bond acceptors (Lipinski definition) is 5. The van der Waals surface area contributed by atoms with Crippen molar-refractivity contribution >= 4 is 23.4 Å². The van der Waals surface area contributed by atoms with E-state index in [0.29, 0.717) is 5.69 Å². The average Bonchev–Trinajstić information content (AvgIpc) is 2.62. The maximum atomic E-state index is 12.5. The Morgan fingerprint density at radius 2 is 1.76 bits per heavy atom.